The van der Waals surface area contributed by atoms with Gasteiger partial charge in [0.25, 0.3) is 11.7 Å². The highest BCUT2D eigenvalue weighted by atomic mass is 19.1. The van der Waals surface area contributed by atoms with E-state index < -0.39 is 23.5 Å². The van der Waals surface area contributed by atoms with Crippen LogP contribution in [0.5, 0.6) is 0 Å². The molecule has 1 saturated heterocycles. The first-order valence-corrected chi connectivity index (χ1v) is 9.24. The zero-order valence-corrected chi connectivity index (χ0v) is 16.0. The largest absolute Gasteiger partial charge is 0.507 e. The first-order chi connectivity index (χ1) is 14.0. The third kappa shape index (κ3) is 4.21. The van der Waals surface area contributed by atoms with Crippen LogP contribution in [-0.2, 0) is 14.3 Å². The van der Waals surface area contributed by atoms with E-state index in [0.717, 1.165) is 5.56 Å². The van der Waals surface area contributed by atoms with E-state index in [1.165, 1.54) is 23.1 Å². The fourth-order valence-electron chi connectivity index (χ4n) is 3.33. The molecular formula is C22H22FNO5. The van der Waals surface area contributed by atoms with Crippen molar-refractivity contribution in [3.63, 3.8) is 0 Å². The minimum Gasteiger partial charge on any atom is -0.507 e. The summed E-state index contributed by atoms with van der Waals surface area (Å²) < 4.78 is 19.8. The summed E-state index contributed by atoms with van der Waals surface area (Å²) in [6, 6.07) is 11.6. The van der Waals surface area contributed by atoms with E-state index in [-0.39, 0.29) is 43.3 Å². The molecule has 0 radical (unpaired) electrons. The lowest BCUT2D eigenvalue weighted by Crippen LogP contribution is -2.33. The van der Waals surface area contributed by atoms with E-state index in [4.69, 9.17) is 9.84 Å². The van der Waals surface area contributed by atoms with Crippen molar-refractivity contribution in [2.45, 2.75) is 13.0 Å². The molecule has 29 heavy (non-hydrogen) atoms. The van der Waals surface area contributed by atoms with E-state index in [1.54, 1.807) is 30.3 Å². The van der Waals surface area contributed by atoms with Crippen LogP contribution < -0.4 is 0 Å². The number of rotatable bonds is 7. The molecular weight excluding hydrogens is 377 g/mol. The Balaban J connectivity index is 2.08. The number of carbonyl (C=O) groups is 2. The van der Waals surface area contributed by atoms with Gasteiger partial charge in [0.2, 0.25) is 0 Å². The molecule has 1 aliphatic rings. The molecule has 2 N–H and O–H groups in total. The van der Waals surface area contributed by atoms with Crippen LogP contribution >= 0.6 is 0 Å². The molecule has 0 aliphatic carbocycles. The van der Waals surface area contributed by atoms with E-state index in [1.807, 2.05) is 6.92 Å². The number of benzene rings is 2. The lowest BCUT2D eigenvalue weighted by molar-refractivity contribution is -0.140. The Labute approximate surface area is 167 Å². The summed E-state index contributed by atoms with van der Waals surface area (Å²) in [6.45, 7) is 1.85. The molecule has 1 fully saturated rings. The van der Waals surface area contributed by atoms with Gasteiger partial charge < -0.3 is 19.8 Å². The summed E-state index contributed by atoms with van der Waals surface area (Å²) in [5.74, 6) is -2.65. The first kappa shape index (κ1) is 20.7. The minimum absolute atomic E-state index is 0.00819. The van der Waals surface area contributed by atoms with Gasteiger partial charge in [-0.05, 0) is 13.0 Å². The lowest BCUT2D eigenvalue weighted by atomic mass is 9.94. The number of hydrogen-bond donors (Lipinski definition) is 2. The number of ketones is 1. The lowest BCUT2D eigenvalue weighted by Gasteiger charge is -2.25. The molecule has 1 heterocycles. The van der Waals surface area contributed by atoms with Gasteiger partial charge in [0.1, 0.15) is 11.6 Å². The average Bonchev–Trinajstić information content (AvgIpc) is 2.96. The van der Waals surface area contributed by atoms with Crippen LogP contribution in [0.1, 0.15) is 22.7 Å². The van der Waals surface area contributed by atoms with Gasteiger partial charge in [-0.3, -0.25) is 9.59 Å². The molecule has 0 spiro atoms. The van der Waals surface area contributed by atoms with Crippen LogP contribution in [0.25, 0.3) is 5.76 Å². The number of hydrogen-bond acceptors (Lipinski definition) is 5. The molecule has 1 atom stereocenters. The number of aliphatic hydroxyl groups excluding tert-OH is 2. The highest BCUT2D eigenvalue weighted by molar-refractivity contribution is 6.46. The molecule has 3 rings (SSSR count). The molecule has 0 bridgehead atoms. The Morgan fingerprint density at radius 3 is 2.45 bits per heavy atom. The van der Waals surface area contributed by atoms with Crippen molar-refractivity contribution < 1.29 is 28.9 Å². The predicted octanol–water partition coefficient (Wildman–Crippen LogP) is 2.56. The van der Waals surface area contributed by atoms with E-state index in [0.29, 0.717) is 5.56 Å². The summed E-state index contributed by atoms with van der Waals surface area (Å²) in [5.41, 5.74) is 1.29. The molecule has 1 aliphatic heterocycles. The van der Waals surface area contributed by atoms with Crippen LogP contribution in [0.2, 0.25) is 0 Å². The average molecular weight is 399 g/mol. The summed E-state index contributed by atoms with van der Waals surface area (Å²) >= 11 is 0. The summed E-state index contributed by atoms with van der Waals surface area (Å²) in [5, 5.41) is 19.7. The highest BCUT2D eigenvalue weighted by Crippen LogP contribution is 2.40. The smallest absolute Gasteiger partial charge is 0.295 e. The van der Waals surface area contributed by atoms with Crippen molar-refractivity contribution in [2.24, 2.45) is 0 Å². The maximum atomic E-state index is 14.6. The zero-order chi connectivity index (χ0) is 21.0. The van der Waals surface area contributed by atoms with Crippen LogP contribution in [0.4, 0.5) is 4.39 Å². The fraction of sp³-hybridized carbons (Fsp3) is 0.273. The molecule has 6 nitrogen and oxygen atoms in total. The van der Waals surface area contributed by atoms with Crippen molar-refractivity contribution >= 4 is 17.4 Å². The fourth-order valence-corrected chi connectivity index (χ4v) is 3.33. The minimum atomic E-state index is -1.07. The van der Waals surface area contributed by atoms with Gasteiger partial charge in [-0.2, -0.15) is 0 Å². The maximum absolute atomic E-state index is 14.6. The van der Waals surface area contributed by atoms with Crippen molar-refractivity contribution in [3.05, 3.63) is 76.6 Å². The maximum Gasteiger partial charge on any atom is 0.295 e. The topological polar surface area (TPSA) is 87.1 Å². The zero-order valence-electron chi connectivity index (χ0n) is 16.0. The Morgan fingerprint density at radius 2 is 1.79 bits per heavy atom. The SMILES string of the molecule is Cc1ccc(C(O)=C2C(=O)C(=O)N(CCOCCO)C2c2ccccc2F)cc1. The van der Waals surface area contributed by atoms with Gasteiger partial charge >= 0.3 is 0 Å². The number of aliphatic hydroxyl groups is 2. The molecule has 152 valence electrons. The Kier molecular flexibility index (Phi) is 6.41. The Morgan fingerprint density at radius 1 is 1.10 bits per heavy atom. The molecule has 1 amide bonds. The standard InChI is InChI=1S/C22H22FNO5/c1-14-6-8-15(9-7-14)20(26)18-19(16-4-2-3-5-17(16)23)24(22(28)21(18)27)10-12-29-13-11-25/h2-9,19,25-26H,10-13H2,1H3. The van der Waals surface area contributed by atoms with E-state index in [2.05, 4.69) is 0 Å². The van der Waals surface area contributed by atoms with Gasteiger partial charge in [0.15, 0.2) is 0 Å². The molecule has 1 unspecified atom stereocenters. The number of ether oxygens (including phenoxy) is 1. The molecule has 0 aromatic heterocycles. The quantitative estimate of drug-likeness (QED) is 0.323. The van der Waals surface area contributed by atoms with E-state index >= 15 is 0 Å². The normalized spacial score (nSPS) is 18.4. The van der Waals surface area contributed by atoms with Gasteiger partial charge in [-0.25, -0.2) is 4.39 Å². The van der Waals surface area contributed by atoms with Gasteiger partial charge in [-0.15, -0.1) is 0 Å². The van der Waals surface area contributed by atoms with Crippen LogP contribution in [-0.4, -0.2) is 53.2 Å². The molecule has 2 aromatic carbocycles. The second-order valence-electron chi connectivity index (χ2n) is 6.72. The van der Waals surface area contributed by atoms with Gasteiger partial charge in [0, 0.05) is 17.7 Å². The first-order valence-electron chi connectivity index (χ1n) is 9.24. The third-order valence-electron chi connectivity index (χ3n) is 4.78. The summed E-state index contributed by atoms with van der Waals surface area (Å²) in [7, 11) is 0. The van der Waals surface area contributed by atoms with Crippen molar-refractivity contribution in [3.8, 4) is 0 Å². The summed E-state index contributed by atoms with van der Waals surface area (Å²) in [6.07, 6.45) is 0. The second-order valence-corrected chi connectivity index (χ2v) is 6.72. The van der Waals surface area contributed by atoms with Gasteiger partial charge in [0.05, 0.1) is 31.4 Å². The van der Waals surface area contributed by atoms with Crippen LogP contribution in [0.3, 0.4) is 0 Å². The van der Waals surface area contributed by atoms with Crippen molar-refractivity contribution in [1.29, 1.82) is 0 Å². The number of likely N-dealkylation sites (tertiary alicyclic amines) is 1. The molecule has 0 saturated carbocycles. The number of Topliss-reactive ketones (excluding diaryl/α,β-unsaturated/α-hetero) is 1. The number of halogens is 1. The third-order valence-corrected chi connectivity index (χ3v) is 4.78. The Bertz CT molecular complexity index is 938. The predicted molar refractivity (Wildman–Crippen MR) is 104 cm³/mol. The number of aryl methyl sites for hydroxylation is 1. The van der Waals surface area contributed by atoms with Crippen molar-refractivity contribution in [2.75, 3.05) is 26.4 Å². The van der Waals surface area contributed by atoms with E-state index in [9.17, 15) is 19.1 Å². The monoisotopic (exact) mass is 399 g/mol. The van der Waals surface area contributed by atoms with Crippen LogP contribution in [0.15, 0.2) is 54.1 Å². The van der Waals surface area contributed by atoms with Gasteiger partial charge in [-0.1, -0.05) is 48.0 Å². The van der Waals surface area contributed by atoms with Crippen LogP contribution in [0, 0.1) is 12.7 Å². The highest BCUT2D eigenvalue weighted by Gasteiger charge is 2.46. The number of nitrogens with zero attached hydrogens (tertiary/aromatic N) is 1. The molecule has 7 heteroatoms. The van der Waals surface area contributed by atoms with Crippen molar-refractivity contribution in [1.82, 2.24) is 4.90 Å². The second kappa shape index (κ2) is 8.98. The summed E-state index contributed by atoms with van der Waals surface area (Å²) in [4.78, 5) is 26.6. The Hall–Kier alpha value is -3.03. The molecule has 2 aromatic rings. The number of amides is 1. The number of carbonyl (C=O) groups excluding carboxylic acids is 2.